The highest BCUT2D eigenvalue weighted by Gasteiger charge is 2.36. The molecule has 0 spiro atoms. The number of ether oxygens (including phenoxy) is 2. The van der Waals surface area contributed by atoms with E-state index in [1.54, 1.807) is 50.6 Å². The summed E-state index contributed by atoms with van der Waals surface area (Å²) in [4.78, 5) is 38.9. The second-order valence-corrected chi connectivity index (χ2v) is 7.94. The molecular weight excluding hydrogens is 428 g/mol. The summed E-state index contributed by atoms with van der Waals surface area (Å²) in [6, 6.07) is 18.2. The maximum atomic E-state index is 12.9. The molecule has 1 fully saturated rings. The van der Waals surface area contributed by atoms with E-state index in [2.05, 4.69) is 5.32 Å². The summed E-state index contributed by atoms with van der Waals surface area (Å²) in [7, 11) is 3.12. The largest absolute Gasteiger partial charge is 0.497 e. The first-order valence-corrected chi connectivity index (χ1v) is 10.6. The zero-order valence-corrected chi connectivity index (χ0v) is 18.3. The first kappa shape index (κ1) is 21.5. The molecule has 1 saturated heterocycles. The average Bonchev–Trinajstić information content (AvgIpc) is 3.07. The Hall–Kier alpha value is -3.78. The minimum absolute atomic E-state index is 0.219. The highest BCUT2D eigenvalue weighted by atomic mass is 32.2. The summed E-state index contributed by atoms with van der Waals surface area (Å²) in [5.74, 6) is 0.239. The predicted octanol–water partition coefficient (Wildman–Crippen LogP) is 4.53. The van der Waals surface area contributed by atoms with E-state index in [-0.39, 0.29) is 11.4 Å². The number of nitrogens with one attached hydrogen (secondary N) is 1. The first-order chi connectivity index (χ1) is 15.5. The summed E-state index contributed by atoms with van der Waals surface area (Å²) in [6.45, 7) is -0.364. The monoisotopic (exact) mass is 448 g/mol. The van der Waals surface area contributed by atoms with Gasteiger partial charge >= 0.3 is 0 Å². The molecular formula is C24H20N2O5S. The van der Waals surface area contributed by atoms with E-state index in [0.717, 1.165) is 27.4 Å². The van der Waals surface area contributed by atoms with Crippen molar-refractivity contribution in [2.75, 3.05) is 26.1 Å². The lowest BCUT2D eigenvalue weighted by Gasteiger charge is -2.13. The van der Waals surface area contributed by atoms with Crippen LogP contribution in [0.15, 0.2) is 65.6 Å². The van der Waals surface area contributed by atoms with Crippen LogP contribution in [0.2, 0.25) is 0 Å². The van der Waals surface area contributed by atoms with Gasteiger partial charge in [-0.15, -0.1) is 0 Å². The number of thioether (sulfide) groups is 1. The van der Waals surface area contributed by atoms with Gasteiger partial charge in [-0.25, -0.2) is 0 Å². The molecule has 0 aliphatic carbocycles. The molecule has 7 nitrogen and oxygen atoms in total. The molecule has 1 aliphatic heterocycles. The number of carbonyl (C=O) groups is 3. The van der Waals surface area contributed by atoms with Crippen molar-refractivity contribution in [3.8, 4) is 11.5 Å². The minimum atomic E-state index is -0.523. The smallest absolute Gasteiger partial charge is 0.294 e. The van der Waals surface area contributed by atoms with E-state index in [9.17, 15) is 14.4 Å². The lowest BCUT2D eigenvalue weighted by atomic mass is 10.0. The Kier molecular flexibility index (Phi) is 6.13. The van der Waals surface area contributed by atoms with E-state index >= 15 is 0 Å². The predicted molar refractivity (Wildman–Crippen MR) is 125 cm³/mol. The molecule has 162 valence electrons. The first-order valence-electron chi connectivity index (χ1n) is 9.75. The van der Waals surface area contributed by atoms with Gasteiger partial charge in [0.05, 0.1) is 19.1 Å². The average molecular weight is 449 g/mol. The molecule has 8 heteroatoms. The number of nitrogens with zero attached hydrogens (tertiary/aromatic N) is 1. The lowest BCUT2D eigenvalue weighted by molar-refractivity contribution is -0.127. The molecule has 1 N–H and O–H groups in total. The number of benzene rings is 3. The van der Waals surface area contributed by atoms with Gasteiger partial charge in [0.25, 0.3) is 11.1 Å². The van der Waals surface area contributed by atoms with Crippen LogP contribution >= 0.6 is 11.8 Å². The molecule has 0 atom stereocenters. The van der Waals surface area contributed by atoms with Gasteiger partial charge in [0.15, 0.2) is 0 Å². The van der Waals surface area contributed by atoms with Crippen molar-refractivity contribution in [3.63, 3.8) is 0 Å². The standard InChI is InChI=1S/C24H20N2O5S/c1-30-17-10-8-15-9-11-20(31-2)19(18(15)12-17)13-21-23(28)26(24(29)32-21)14-22(27)25-16-6-4-3-5-7-16/h3-13H,14H2,1-2H3,(H,25,27)/b21-13-. The number of para-hydroxylation sites is 1. The number of hydrogen-bond donors (Lipinski definition) is 1. The molecule has 3 amide bonds. The molecule has 0 radical (unpaired) electrons. The van der Waals surface area contributed by atoms with Gasteiger partial charge in [0, 0.05) is 11.3 Å². The molecule has 3 aromatic rings. The van der Waals surface area contributed by atoms with Gasteiger partial charge in [0.1, 0.15) is 18.0 Å². The van der Waals surface area contributed by atoms with Crippen LogP contribution in [-0.2, 0) is 9.59 Å². The number of carbonyl (C=O) groups excluding carboxylic acids is 3. The molecule has 4 rings (SSSR count). The molecule has 3 aromatic carbocycles. The summed E-state index contributed by atoms with van der Waals surface area (Å²) in [5.41, 5.74) is 1.25. The van der Waals surface area contributed by atoms with Crippen molar-refractivity contribution >= 4 is 51.4 Å². The van der Waals surface area contributed by atoms with Crippen molar-refractivity contribution in [3.05, 3.63) is 71.1 Å². The molecule has 0 unspecified atom stereocenters. The van der Waals surface area contributed by atoms with Crippen LogP contribution in [-0.4, -0.2) is 42.7 Å². The topological polar surface area (TPSA) is 84.9 Å². The van der Waals surface area contributed by atoms with Crippen LogP contribution in [0.25, 0.3) is 16.8 Å². The number of hydrogen-bond acceptors (Lipinski definition) is 6. The lowest BCUT2D eigenvalue weighted by Crippen LogP contribution is -2.36. The van der Waals surface area contributed by atoms with Crippen LogP contribution in [0.3, 0.4) is 0 Å². The third-order valence-corrected chi connectivity index (χ3v) is 5.87. The number of methoxy groups -OCH3 is 2. The molecule has 1 heterocycles. The summed E-state index contributed by atoms with van der Waals surface area (Å²) >= 11 is 0.794. The van der Waals surface area contributed by atoms with E-state index in [1.807, 2.05) is 30.3 Å². The second-order valence-electron chi connectivity index (χ2n) is 6.95. The summed E-state index contributed by atoms with van der Waals surface area (Å²) < 4.78 is 10.8. The Balaban J connectivity index is 1.63. The normalized spacial score (nSPS) is 14.8. The van der Waals surface area contributed by atoms with E-state index < -0.39 is 17.1 Å². The third-order valence-electron chi connectivity index (χ3n) is 4.96. The van der Waals surface area contributed by atoms with Gasteiger partial charge < -0.3 is 14.8 Å². The molecule has 0 saturated carbocycles. The number of amides is 3. The number of anilines is 1. The highest BCUT2D eigenvalue weighted by Crippen LogP contribution is 2.37. The van der Waals surface area contributed by atoms with Crippen molar-refractivity contribution in [1.82, 2.24) is 4.90 Å². The van der Waals surface area contributed by atoms with Crippen LogP contribution in [0.1, 0.15) is 5.56 Å². The fourth-order valence-electron chi connectivity index (χ4n) is 3.39. The Morgan fingerprint density at radius 3 is 2.50 bits per heavy atom. The molecule has 1 aliphatic rings. The Morgan fingerprint density at radius 2 is 1.78 bits per heavy atom. The number of rotatable bonds is 6. The van der Waals surface area contributed by atoms with Crippen molar-refractivity contribution in [1.29, 1.82) is 0 Å². The number of imide groups is 1. The van der Waals surface area contributed by atoms with Crippen molar-refractivity contribution in [2.45, 2.75) is 0 Å². The molecule has 0 aromatic heterocycles. The van der Waals surface area contributed by atoms with Crippen LogP contribution in [0.4, 0.5) is 10.5 Å². The SMILES string of the molecule is COc1ccc2ccc(OC)c(/C=C3\SC(=O)N(CC(=O)Nc4ccccc4)C3=O)c2c1. The summed E-state index contributed by atoms with van der Waals surface area (Å²) in [6.07, 6.45) is 1.63. The van der Waals surface area contributed by atoms with E-state index in [4.69, 9.17) is 9.47 Å². The van der Waals surface area contributed by atoms with Crippen LogP contribution < -0.4 is 14.8 Å². The third kappa shape index (κ3) is 4.31. The van der Waals surface area contributed by atoms with Crippen LogP contribution in [0, 0.1) is 0 Å². The Bertz CT molecular complexity index is 1230. The van der Waals surface area contributed by atoms with Gasteiger partial charge in [0.2, 0.25) is 5.91 Å². The van der Waals surface area contributed by atoms with Crippen LogP contribution in [0.5, 0.6) is 11.5 Å². The van der Waals surface area contributed by atoms with Gasteiger partial charge in [-0.3, -0.25) is 19.3 Å². The summed E-state index contributed by atoms with van der Waals surface area (Å²) in [5, 5.41) is 3.93. The van der Waals surface area contributed by atoms with Gasteiger partial charge in [-0.1, -0.05) is 30.3 Å². The maximum Gasteiger partial charge on any atom is 0.294 e. The second kappa shape index (κ2) is 9.15. The number of fused-ring (bicyclic) bond motifs is 1. The molecule has 32 heavy (non-hydrogen) atoms. The van der Waals surface area contributed by atoms with Gasteiger partial charge in [-0.05, 0) is 58.9 Å². The molecule has 0 bridgehead atoms. The van der Waals surface area contributed by atoms with E-state index in [0.29, 0.717) is 22.7 Å². The Morgan fingerprint density at radius 1 is 1.03 bits per heavy atom. The highest BCUT2D eigenvalue weighted by molar-refractivity contribution is 8.18. The fourth-order valence-corrected chi connectivity index (χ4v) is 4.21. The zero-order chi connectivity index (χ0) is 22.7. The fraction of sp³-hybridized carbons (Fsp3) is 0.125. The minimum Gasteiger partial charge on any atom is -0.497 e. The van der Waals surface area contributed by atoms with Crippen molar-refractivity contribution < 1.29 is 23.9 Å². The van der Waals surface area contributed by atoms with Gasteiger partial charge in [-0.2, -0.15) is 0 Å². The zero-order valence-electron chi connectivity index (χ0n) is 17.5. The quantitative estimate of drug-likeness (QED) is 0.558. The van der Waals surface area contributed by atoms with E-state index in [1.165, 1.54) is 0 Å². The maximum absolute atomic E-state index is 12.9. The van der Waals surface area contributed by atoms with Crippen molar-refractivity contribution in [2.24, 2.45) is 0 Å². The Labute approximate surface area is 189 Å².